The van der Waals surface area contributed by atoms with Gasteiger partial charge in [-0.05, 0) is 47.5 Å². The van der Waals surface area contributed by atoms with Gasteiger partial charge in [-0.3, -0.25) is 0 Å². The summed E-state index contributed by atoms with van der Waals surface area (Å²) in [5, 5.41) is 6.62. The van der Waals surface area contributed by atoms with Gasteiger partial charge in [0, 0.05) is 32.6 Å². The molecule has 4 heteroatoms. The molecule has 2 atom stereocenters. The molecule has 84 valence electrons. The number of thiophene rings is 1. The van der Waals surface area contributed by atoms with Crippen molar-refractivity contribution in [3.8, 4) is 0 Å². The third kappa shape index (κ3) is 3.48. The van der Waals surface area contributed by atoms with Crippen molar-refractivity contribution in [3.05, 3.63) is 20.8 Å². The maximum absolute atomic E-state index is 3.62. The molecule has 1 N–H and O–H groups in total. The van der Waals surface area contributed by atoms with E-state index in [0.29, 0.717) is 6.04 Å². The Kier molecular flexibility index (Phi) is 4.55. The zero-order valence-corrected chi connectivity index (χ0v) is 12.1. The first kappa shape index (κ1) is 12.0. The molecule has 2 rings (SSSR count). The van der Waals surface area contributed by atoms with Crippen molar-refractivity contribution >= 4 is 39.0 Å². The standard InChI is InChI=1S/C11H16BrNS2/c1-8(11-5-9(12)7-15-11)13-6-10-3-2-4-14-10/h5,7-8,10,13H,2-4,6H2,1H3. The molecule has 0 saturated carbocycles. The summed E-state index contributed by atoms with van der Waals surface area (Å²) in [5.41, 5.74) is 0. The van der Waals surface area contributed by atoms with Crippen molar-refractivity contribution in [2.75, 3.05) is 12.3 Å². The first-order valence-electron chi connectivity index (χ1n) is 5.34. The van der Waals surface area contributed by atoms with Crippen molar-refractivity contribution in [1.82, 2.24) is 5.32 Å². The van der Waals surface area contributed by atoms with Gasteiger partial charge in [0.05, 0.1) is 0 Å². The van der Waals surface area contributed by atoms with Gasteiger partial charge in [0.15, 0.2) is 0 Å². The molecule has 1 aliphatic heterocycles. The minimum absolute atomic E-state index is 0.488. The van der Waals surface area contributed by atoms with E-state index >= 15 is 0 Å². The molecule has 0 radical (unpaired) electrons. The Labute approximate surface area is 108 Å². The molecule has 15 heavy (non-hydrogen) atoms. The minimum atomic E-state index is 0.488. The van der Waals surface area contributed by atoms with Gasteiger partial charge in [0.2, 0.25) is 0 Å². The molecule has 1 aromatic heterocycles. The molecule has 1 nitrogen and oxygen atoms in total. The van der Waals surface area contributed by atoms with Crippen LogP contribution in [0.2, 0.25) is 0 Å². The molecular weight excluding hydrogens is 290 g/mol. The predicted octanol–water partition coefficient (Wildman–Crippen LogP) is 4.06. The summed E-state index contributed by atoms with van der Waals surface area (Å²) in [5.74, 6) is 1.35. The number of hydrogen-bond acceptors (Lipinski definition) is 3. The zero-order valence-electron chi connectivity index (χ0n) is 8.83. The summed E-state index contributed by atoms with van der Waals surface area (Å²) in [6.07, 6.45) is 2.79. The maximum Gasteiger partial charge on any atom is 0.0386 e. The molecule has 0 aromatic carbocycles. The van der Waals surface area contributed by atoms with Crippen molar-refractivity contribution in [3.63, 3.8) is 0 Å². The highest BCUT2D eigenvalue weighted by molar-refractivity contribution is 9.10. The van der Waals surface area contributed by atoms with Gasteiger partial charge in [-0.2, -0.15) is 11.8 Å². The fourth-order valence-electron chi connectivity index (χ4n) is 1.77. The topological polar surface area (TPSA) is 12.0 Å². The van der Waals surface area contributed by atoms with Gasteiger partial charge in [-0.25, -0.2) is 0 Å². The first-order valence-corrected chi connectivity index (χ1v) is 8.07. The molecule has 1 aromatic rings. The summed E-state index contributed by atoms with van der Waals surface area (Å²) in [7, 11) is 0. The Morgan fingerprint density at radius 1 is 1.67 bits per heavy atom. The highest BCUT2D eigenvalue weighted by atomic mass is 79.9. The second-order valence-corrected chi connectivity index (χ2v) is 7.20. The molecule has 2 heterocycles. The molecule has 0 amide bonds. The monoisotopic (exact) mass is 305 g/mol. The van der Waals surface area contributed by atoms with E-state index in [-0.39, 0.29) is 0 Å². The van der Waals surface area contributed by atoms with Crippen LogP contribution in [0.3, 0.4) is 0 Å². The minimum Gasteiger partial charge on any atom is -0.308 e. The van der Waals surface area contributed by atoms with Crippen LogP contribution in [-0.4, -0.2) is 17.5 Å². The quantitative estimate of drug-likeness (QED) is 0.900. The average molecular weight is 306 g/mol. The van der Waals surface area contributed by atoms with Crippen LogP contribution in [0.1, 0.15) is 30.7 Å². The Morgan fingerprint density at radius 2 is 2.53 bits per heavy atom. The molecule has 1 saturated heterocycles. The van der Waals surface area contributed by atoms with Gasteiger partial charge in [0.1, 0.15) is 0 Å². The number of rotatable bonds is 4. The maximum atomic E-state index is 3.62. The summed E-state index contributed by atoms with van der Waals surface area (Å²) in [6.45, 7) is 3.40. The van der Waals surface area contributed by atoms with Crippen LogP contribution in [-0.2, 0) is 0 Å². The second-order valence-electron chi connectivity index (χ2n) is 3.93. The van der Waals surface area contributed by atoms with Crippen molar-refractivity contribution in [2.45, 2.75) is 31.1 Å². The van der Waals surface area contributed by atoms with Crippen LogP contribution in [0, 0.1) is 0 Å². The van der Waals surface area contributed by atoms with E-state index in [9.17, 15) is 0 Å². The van der Waals surface area contributed by atoms with Gasteiger partial charge >= 0.3 is 0 Å². The van der Waals surface area contributed by atoms with E-state index in [4.69, 9.17) is 0 Å². The predicted molar refractivity (Wildman–Crippen MR) is 73.9 cm³/mol. The molecule has 0 bridgehead atoms. The lowest BCUT2D eigenvalue weighted by atomic mass is 10.2. The van der Waals surface area contributed by atoms with E-state index in [1.165, 1.54) is 27.9 Å². The van der Waals surface area contributed by atoms with E-state index < -0.39 is 0 Å². The summed E-state index contributed by atoms with van der Waals surface area (Å²) < 4.78 is 1.20. The second kappa shape index (κ2) is 5.71. The average Bonchev–Trinajstić information content (AvgIpc) is 2.84. The van der Waals surface area contributed by atoms with Crippen LogP contribution in [0.5, 0.6) is 0 Å². The molecular formula is C11H16BrNS2. The van der Waals surface area contributed by atoms with Gasteiger partial charge in [0.25, 0.3) is 0 Å². The van der Waals surface area contributed by atoms with Gasteiger partial charge in [-0.1, -0.05) is 0 Å². The molecule has 0 aliphatic carbocycles. The van der Waals surface area contributed by atoms with Crippen LogP contribution in [0.4, 0.5) is 0 Å². The van der Waals surface area contributed by atoms with Crippen molar-refractivity contribution < 1.29 is 0 Å². The lowest BCUT2D eigenvalue weighted by Gasteiger charge is -2.15. The third-order valence-electron chi connectivity index (χ3n) is 2.69. The largest absolute Gasteiger partial charge is 0.308 e. The zero-order chi connectivity index (χ0) is 10.7. The molecule has 0 spiro atoms. The van der Waals surface area contributed by atoms with E-state index in [1.54, 1.807) is 0 Å². The number of hydrogen-bond donors (Lipinski definition) is 1. The Hall–Kier alpha value is 0.490. The van der Waals surface area contributed by atoms with E-state index in [0.717, 1.165) is 11.8 Å². The van der Waals surface area contributed by atoms with Crippen LogP contribution < -0.4 is 5.32 Å². The fraction of sp³-hybridized carbons (Fsp3) is 0.636. The van der Waals surface area contributed by atoms with E-state index in [1.807, 2.05) is 11.3 Å². The number of thioether (sulfide) groups is 1. The SMILES string of the molecule is CC(NCC1CCCS1)c1cc(Br)cs1. The van der Waals surface area contributed by atoms with Crippen LogP contribution >= 0.6 is 39.0 Å². The van der Waals surface area contributed by atoms with Gasteiger partial charge < -0.3 is 5.32 Å². The summed E-state index contributed by atoms with van der Waals surface area (Å²) in [4.78, 5) is 1.42. The Morgan fingerprint density at radius 3 is 3.13 bits per heavy atom. The normalized spacial score (nSPS) is 23.2. The highest BCUT2D eigenvalue weighted by Crippen LogP contribution is 2.28. The Balaban J connectivity index is 1.79. The number of halogens is 1. The smallest absolute Gasteiger partial charge is 0.0386 e. The third-order valence-corrected chi connectivity index (χ3v) is 5.96. The molecule has 1 aliphatic rings. The van der Waals surface area contributed by atoms with Crippen molar-refractivity contribution in [1.29, 1.82) is 0 Å². The fourth-order valence-corrected chi connectivity index (χ4v) is 4.46. The van der Waals surface area contributed by atoms with E-state index in [2.05, 4.69) is 51.4 Å². The lowest BCUT2D eigenvalue weighted by Crippen LogP contribution is -2.25. The molecule has 1 fully saturated rings. The van der Waals surface area contributed by atoms with Crippen LogP contribution in [0.25, 0.3) is 0 Å². The summed E-state index contributed by atoms with van der Waals surface area (Å²) >= 11 is 7.44. The number of nitrogens with one attached hydrogen (secondary N) is 1. The summed E-state index contributed by atoms with van der Waals surface area (Å²) in [6, 6.07) is 2.70. The highest BCUT2D eigenvalue weighted by Gasteiger charge is 2.16. The lowest BCUT2D eigenvalue weighted by molar-refractivity contribution is 0.566. The first-order chi connectivity index (χ1) is 7.25. The van der Waals surface area contributed by atoms with Crippen molar-refractivity contribution in [2.24, 2.45) is 0 Å². The molecule has 2 unspecified atom stereocenters. The van der Waals surface area contributed by atoms with Gasteiger partial charge in [-0.15, -0.1) is 11.3 Å². The Bertz CT molecular complexity index is 307. The van der Waals surface area contributed by atoms with Crippen LogP contribution in [0.15, 0.2) is 15.9 Å².